The summed E-state index contributed by atoms with van der Waals surface area (Å²) in [7, 11) is 5.70. The monoisotopic (exact) mass is 317 g/mol. The Labute approximate surface area is 138 Å². The second-order valence-electron chi connectivity index (χ2n) is 5.12. The summed E-state index contributed by atoms with van der Waals surface area (Å²) >= 11 is 1.55. The Hall–Kier alpha value is -2.67. The molecule has 0 bridgehead atoms. The maximum absolute atomic E-state index is 5.70. The standard InChI is InChI=1S/C16H12BN5S/c1-10-14(22-8-2-7-18-15(22)19-10)13-9-23-16(21-13)20-12-5-3-11(17)4-6-12/h2-9H,1H3,(H,20,21). The molecule has 0 saturated carbocycles. The lowest BCUT2D eigenvalue weighted by atomic mass is 9.96. The van der Waals surface area contributed by atoms with Crippen molar-refractivity contribution in [3.8, 4) is 11.4 Å². The van der Waals surface area contributed by atoms with Crippen LogP contribution in [0.15, 0.2) is 48.1 Å². The van der Waals surface area contributed by atoms with E-state index in [-0.39, 0.29) is 0 Å². The van der Waals surface area contributed by atoms with Crippen molar-refractivity contribution in [2.45, 2.75) is 6.92 Å². The highest BCUT2D eigenvalue weighted by atomic mass is 32.1. The van der Waals surface area contributed by atoms with Gasteiger partial charge in [0.25, 0.3) is 0 Å². The highest BCUT2D eigenvalue weighted by Gasteiger charge is 2.14. The van der Waals surface area contributed by atoms with Crippen molar-refractivity contribution in [1.29, 1.82) is 0 Å². The number of anilines is 2. The summed E-state index contributed by atoms with van der Waals surface area (Å²) in [4.78, 5) is 13.4. The second kappa shape index (κ2) is 5.51. The van der Waals surface area contributed by atoms with E-state index in [2.05, 4.69) is 20.3 Å². The smallest absolute Gasteiger partial charge is 0.234 e. The van der Waals surface area contributed by atoms with Crippen LogP contribution >= 0.6 is 11.3 Å². The number of thiazole rings is 1. The van der Waals surface area contributed by atoms with Gasteiger partial charge in [-0.2, -0.15) is 0 Å². The van der Waals surface area contributed by atoms with Gasteiger partial charge in [-0.15, -0.1) is 11.3 Å². The fourth-order valence-electron chi connectivity index (χ4n) is 2.44. The van der Waals surface area contributed by atoms with E-state index in [1.807, 2.05) is 53.2 Å². The average molecular weight is 317 g/mol. The number of aromatic nitrogens is 4. The van der Waals surface area contributed by atoms with Crippen molar-refractivity contribution in [3.63, 3.8) is 0 Å². The number of benzene rings is 1. The first-order valence-corrected chi connectivity index (χ1v) is 7.97. The van der Waals surface area contributed by atoms with E-state index in [0.717, 1.165) is 33.4 Å². The number of rotatable bonds is 3. The van der Waals surface area contributed by atoms with Crippen LogP contribution in [0.2, 0.25) is 0 Å². The Morgan fingerprint density at radius 3 is 2.83 bits per heavy atom. The summed E-state index contributed by atoms with van der Waals surface area (Å²) in [5.41, 5.74) is 4.45. The molecule has 0 aliphatic carbocycles. The van der Waals surface area contributed by atoms with E-state index >= 15 is 0 Å². The van der Waals surface area contributed by atoms with Gasteiger partial charge in [0.2, 0.25) is 5.78 Å². The Morgan fingerprint density at radius 1 is 1.17 bits per heavy atom. The van der Waals surface area contributed by atoms with E-state index in [4.69, 9.17) is 7.85 Å². The molecule has 1 N–H and O–H groups in total. The first-order chi connectivity index (χ1) is 11.2. The SMILES string of the molecule is [B]c1ccc(Nc2nc(-c3c(C)nc4ncccn34)cs2)cc1. The molecule has 0 fully saturated rings. The zero-order valence-corrected chi connectivity index (χ0v) is 13.2. The highest BCUT2D eigenvalue weighted by Crippen LogP contribution is 2.29. The summed E-state index contributed by atoms with van der Waals surface area (Å²) in [6.45, 7) is 1.97. The topological polar surface area (TPSA) is 55.1 Å². The van der Waals surface area contributed by atoms with Crippen LogP contribution in [0.1, 0.15) is 5.69 Å². The van der Waals surface area contributed by atoms with Crippen LogP contribution in [0.4, 0.5) is 10.8 Å². The van der Waals surface area contributed by atoms with Crippen LogP contribution < -0.4 is 10.8 Å². The molecule has 0 aliphatic heterocycles. The third-order valence-corrected chi connectivity index (χ3v) is 4.24. The predicted molar refractivity (Wildman–Crippen MR) is 93.9 cm³/mol. The van der Waals surface area contributed by atoms with Crippen molar-refractivity contribution < 1.29 is 0 Å². The number of hydrogen-bond acceptors (Lipinski definition) is 5. The number of aryl methyl sites for hydroxylation is 1. The van der Waals surface area contributed by atoms with Gasteiger partial charge in [-0.1, -0.05) is 17.6 Å². The van der Waals surface area contributed by atoms with E-state index < -0.39 is 0 Å². The van der Waals surface area contributed by atoms with Crippen molar-refractivity contribution in [2.24, 2.45) is 0 Å². The molecule has 5 nitrogen and oxygen atoms in total. The summed E-state index contributed by atoms with van der Waals surface area (Å²) in [6, 6.07) is 9.46. The third kappa shape index (κ3) is 2.59. The van der Waals surface area contributed by atoms with Crippen LogP contribution in [0, 0.1) is 6.92 Å². The zero-order valence-electron chi connectivity index (χ0n) is 12.4. The maximum atomic E-state index is 5.70. The van der Waals surface area contributed by atoms with Gasteiger partial charge < -0.3 is 5.32 Å². The molecule has 0 unspecified atom stereocenters. The van der Waals surface area contributed by atoms with Gasteiger partial charge in [-0.05, 0) is 25.1 Å². The first-order valence-electron chi connectivity index (χ1n) is 7.09. The second-order valence-corrected chi connectivity index (χ2v) is 5.98. The molecular formula is C16H12BN5S. The zero-order chi connectivity index (χ0) is 15.8. The Balaban J connectivity index is 1.69. The van der Waals surface area contributed by atoms with Crippen LogP contribution in [0.5, 0.6) is 0 Å². The van der Waals surface area contributed by atoms with Crippen LogP contribution in [0.25, 0.3) is 17.2 Å². The molecule has 1 aromatic carbocycles. The van der Waals surface area contributed by atoms with Crippen molar-refractivity contribution in [3.05, 3.63) is 53.8 Å². The molecule has 0 amide bonds. The van der Waals surface area contributed by atoms with E-state index in [1.54, 1.807) is 17.5 Å². The molecule has 110 valence electrons. The first kappa shape index (κ1) is 14.0. The quantitative estimate of drug-likeness (QED) is 0.590. The molecule has 7 heteroatoms. The van der Waals surface area contributed by atoms with Crippen molar-refractivity contribution >= 4 is 41.2 Å². The number of nitrogens with zero attached hydrogens (tertiary/aromatic N) is 4. The Bertz CT molecular complexity index is 974. The molecule has 3 heterocycles. The molecule has 0 saturated heterocycles. The van der Waals surface area contributed by atoms with Gasteiger partial charge in [0.15, 0.2) is 5.13 Å². The number of imidazole rings is 1. The number of hydrogen-bond donors (Lipinski definition) is 1. The van der Waals surface area contributed by atoms with E-state index in [9.17, 15) is 0 Å². The Kier molecular flexibility index (Phi) is 3.35. The van der Waals surface area contributed by atoms with Gasteiger partial charge in [0.05, 0.1) is 11.4 Å². The third-order valence-electron chi connectivity index (χ3n) is 3.49. The van der Waals surface area contributed by atoms with E-state index in [0.29, 0.717) is 5.78 Å². The normalized spacial score (nSPS) is 11.0. The Morgan fingerprint density at radius 2 is 2.00 bits per heavy atom. The van der Waals surface area contributed by atoms with Gasteiger partial charge in [-0.3, -0.25) is 4.40 Å². The average Bonchev–Trinajstić information content (AvgIpc) is 3.12. The van der Waals surface area contributed by atoms with Crippen molar-refractivity contribution in [2.75, 3.05) is 5.32 Å². The largest absolute Gasteiger partial charge is 0.332 e. The van der Waals surface area contributed by atoms with Gasteiger partial charge in [0.1, 0.15) is 13.5 Å². The van der Waals surface area contributed by atoms with Crippen molar-refractivity contribution in [1.82, 2.24) is 19.4 Å². The molecule has 23 heavy (non-hydrogen) atoms. The lowest BCUT2D eigenvalue weighted by Crippen LogP contribution is -2.00. The molecular weight excluding hydrogens is 305 g/mol. The minimum Gasteiger partial charge on any atom is -0.332 e. The molecule has 3 aromatic heterocycles. The molecule has 0 aliphatic rings. The lowest BCUT2D eigenvalue weighted by Gasteiger charge is -2.02. The molecule has 0 spiro atoms. The summed E-state index contributed by atoms with van der Waals surface area (Å²) in [5.74, 6) is 0.682. The highest BCUT2D eigenvalue weighted by molar-refractivity contribution is 7.14. The molecule has 4 rings (SSSR count). The molecule has 2 radical (unpaired) electrons. The van der Waals surface area contributed by atoms with Gasteiger partial charge in [-0.25, -0.2) is 15.0 Å². The molecule has 4 aromatic rings. The minimum atomic E-state index is 0.682. The van der Waals surface area contributed by atoms with Gasteiger partial charge >= 0.3 is 0 Å². The summed E-state index contributed by atoms with van der Waals surface area (Å²) in [5, 5.41) is 6.13. The fourth-order valence-corrected chi connectivity index (χ4v) is 3.15. The van der Waals surface area contributed by atoms with Crippen LogP contribution in [-0.4, -0.2) is 27.2 Å². The summed E-state index contributed by atoms with van der Waals surface area (Å²) in [6.07, 6.45) is 3.69. The van der Waals surface area contributed by atoms with Crippen LogP contribution in [-0.2, 0) is 0 Å². The number of nitrogens with one attached hydrogen (secondary N) is 1. The fraction of sp³-hybridized carbons (Fsp3) is 0.0625. The minimum absolute atomic E-state index is 0.682. The van der Waals surface area contributed by atoms with E-state index in [1.165, 1.54) is 0 Å². The number of fused-ring (bicyclic) bond motifs is 1. The maximum Gasteiger partial charge on any atom is 0.234 e. The van der Waals surface area contributed by atoms with Crippen LogP contribution in [0.3, 0.4) is 0 Å². The predicted octanol–water partition coefficient (Wildman–Crippen LogP) is 2.70. The summed E-state index contributed by atoms with van der Waals surface area (Å²) < 4.78 is 1.96. The lowest BCUT2D eigenvalue weighted by molar-refractivity contribution is 1.11. The van der Waals surface area contributed by atoms with Gasteiger partial charge in [0, 0.05) is 23.5 Å². The molecule has 0 atom stereocenters.